The van der Waals surface area contributed by atoms with Crippen molar-refractivity contribution in [3.05, 3.63) is 24.3 Å². The number of likely N-dealkylation sites (tertiary alicyclic amines) is 1. The summed E-state index contributed by atoms with van der Waals surface area (Å²) >= 11 is 0. The van der Waals surface area contributed by atoms with Crippen LogP contribution in [0.25, 0.3) is 11.3 Å². The fraction of sp³-hybridized carbons (Fsp3) is 0.550. The minimum absolute atomic E-state index is 0.0103. The number of nitrogens with one attached hydrogen (secondary N) is 1. The van der Waals surface area contributed by atoms with Gasteiger partial charge in [-0.1, -0.05) is 0 Å². The van der Waals surface area contributed by atoms with Gasteiger partial charge in [0.1, 0.15) is 11.6 Å². The van der Waals surface area contributed by atoms with Gasteiger partial charge in [-0.2, -0.15) is 4.98 Å². The van der Waals surface area contributed by atoms with Gasteiger partial charge in [0.25, 0.3) is 0 Å². The molecule has 0 bridgehead atoms. The van der Waals surface area contributed by atoms with E-state index in [9.17, 15) is 9.90 Å². The molecule has 0 radical (unpaired) electrons. The number of morpholine rings is 1. The fourth-order valence-electron chi connectivity index (χ4n) is 3.72. The number of hydrogen-bond acceptors (Lipinski definition) is 9. The molecule has 2 N–H and O–H groups in total. The number of anilines is 2. The Bertz CT molecular complexity index is 915. The van der Waals surface area contributed by atoms with Crippen molar-refractivity contribution >= 4 is 17.7 Å². The Morgan fingerprint density at radius 1 is 1.33 bits per heavy atom. The first kappa shape index (κ1) is 20.4. The molecule has 2 aromatic heterocycles. The van der Waals surface area contributed by atoms with Crippen molar-refractivity contribution in [1.82, 2.24) is 24.8 Å². The first-order chi connectivity index (χ1) is 14.4. The van der Waals surface area contributed by atoms with Gasteiger partial charge in [-0.05, 0) is 13.8 Å². The highest BCUT2D eigenvalue weighted by Crippen LogP contribution is 2.29. The summed E-state index contributed by atoms with van der Waals surface area (Å²) in [7, 11) is 0. The zero-order valence-corrected chi connectivity index (χ0v) is 17.5. The molecule has 0 saturated carbocycles. The Morgan fingerprint density at radius 2 is 2.07 bits per heavy atom. The standard InChI is InChI=1S/C20H27N7O3/c1-13-9-30-5-4-27(13)19-23-17(16-7-21-14(2)22-8-16)6-18(24-19)25-20(12-28)10-26(11-20)15(3)29/h6-8,13,28H,4-5,9-12H2,1-3H3,(H,23,24,25)/t13-/m0/s1. The highest BCUT2D eigenvalue weighted by atomic mass is 16.5. The summed E-state index contributed by atoms with van der Waals surface area (Å²) in [6.07, 6.45) is 3.48. The van der Waals surface area contributed by atoms with Crippen LogP contribution >= 0.6 is 0 Å². The van der Waals surface area contributed by atoms with Gasteiger partial charge < -0.3 is 25.0 Å². The zero-order valence-electron chi connectivity index (χ0n) is 17.5. The van der Waals surface area contributed by atoms with Crippen LogP contribution in [0.2, 0.25) is 0 Å². The maximum atomic E-state index is 11.6. The molecule has 10 nitrogen and oxygen atoms in total. The van der Waals surface area contributed by atoms with Crippen LogP contribution in [0.15, 0.2) is 18.5 Å². The largest absolute Gasteiger partial charge is 0.394 e. The van der Waals surface area contributed by atoms with Crippen molar-refractivity contribution in [3.8, 4) is 11.3 Å². The van der Waals surface area contributed by atoms with E-state index in [2.05, 4.69) is 27.1 Å². The summed E-state index contributed by atoms with van der Waals surface area (Å²) < 4.78 is 5.55. The second-order valence-corrected chi connectivity index (χ2v) is 8.01. The Morgan fingerprint density at radius 3 is 2.70 bits per heavy atom. The molecule has 1 atom stereocenters. The Hall–Kier alpha value is -2.85. The molecule has 2 aliphatic heterocycles. The average molecular weight is 413 g/mol. The molecule has 2 aliphatic rings. The number of amides is 1. The SMILES string of the molecule is CC(=O)N1CC(CO)(Nc2cc(-c3cnc(C)nc3)nc(N3CCOC[C@@H]3C)n2)C1. The molecular weight excluding hydrogens is 386 g/mol. The first-order valence-corrected chi connectivity index (χ1v) is 10.1. The number of carbonyl (C=O) groups excluding carboxylic acids is 1. The van der Waals surface area contributed by atoms with Crippen molar-refractivity contribution < 1.29 is 14.6 Å². The van der Waals surface area contributed by atoms with Crippen LogP contribution in [-0.4, -0.2) is 86.9 Å². The molecule has 2 saturated heterocycles. The number of hydrogen-bond donors (Lipinski definition) is 2. The molecule has 0 unspecified atom stereocenters. The number of nitrogens with zero attached hydrogens (tertiary/aromatic N) is 6. The highest BCUT2D eigenvalue weighted by molar-refractivity contribution is 5.75. The van der Waals surface area contributed by atoms with Gasteiger partial charge in [-0.25, -0.2) is 15.0 Å². The topological polar surface area (TPSA) is 117 Å². The van der Waals surface area contributed by atoms with Crippen molar-refractivity contribution in [1.29, 1.82) is 0 Å². The molecule has 4 heterocycles. The summed E-state index contributed by atoms with van der Waals surface area (Å²) in [5, 5.41) is 13.3. The maximum absolute atomic E-state index is 11.6. The lowest BCUT2D eigenvalue weighted by Crippen LogP contribution is -2.69. The Labute approximate surface area is 175 Å². The Kier molecular flexibility index (Phi) is 5.52. The normalized spacial score (nSPS) is 20.6. The zero-order chi connectivity index (χ0) is 21.3. The monoisotopic (exact) mass is 413 g/mol. The second kappa shape index (κ2) is 8.11. The summed E-state index contributed by atoms with van der Waals surface area (Å²) in [6.45, 7) is 8.10. The highest BCUT2D eigenvalue weighted by Gasteiger charge is 2.44. The van der Waals surface area contributed by atoms with Gasteiger partial charge in [0.2, 0.25) is 11.9 Å². The molecule has 30 heavy (non-hydrogen) atoms. The molecule has 0 spiro atoms. The van der Waals surface area contributed by atoms with Crippen molar-refractivity contribution in [2.75, 3.05) is 49.7 Å². The molecule has 160 valence electrons. The van der Waals surface area contributed by atoms with Crippen LogP contribution in [0.4, 0.5) is 11.8 Å². The number of carbonyl (C=O) groups is 1. The molecule has 0 aliphatic carbocycles. The van der Waals surface area contributed by atoms with Crippen LogP contribution in [0.3, 0.4) is 0 Å². The smallest absolute Gasteiger partial charge is 0.228 e. The number of rotatable bonds is 5. The van der Waals surface area contributed by atoms with E-state index < -0.39 is 5.54 Å². The number of aliphatic hydroxyl groups excluding tert-OH is 1. The molecule has 0 aromatic carbocycles. The van der Waals surface area contributed by atoms with Crippen molar-refractivity contribution in [2.45, 2.75) is 32.4 Å². The molecule has 1 amide bonds. The minimum Gasteiger partial charge on any atom is -0.394 e. The van der Waals surface area contributed by atoms with Crippen LogP contribution in [-0.2, 0) is 9.53 Å². The third-order valence-electron chi connectivity index (χ3n) is 5.54. The van der Waals surface area contributed by atoms with Crippen LogP contribution in [0.5, 0.6) is 0 Å². The van der Waals surface area contributed by atoms with Crippen molar-refractivity contribution in [2.24, 2.45) is 0 Å². The van der Waals surface area contributed by atoms with E-state index in [1.165, 1.54) is 6.92 Å². The van der Waals surface area contributed by atoms with Gasteiger partial charge in [-0.3, -0.25) is 4.79 Å². The van der Waals surface area contributed by atoms with Gasteiger partial charge in [-0.15, -0.1) is 0 Å². The van der Waals surface area contributed by atoms with E-state index in [1.807, 2.05) is 13.0 Å². The lowest BCUT2D eigenvalue weighted by molar-refractivity contribution is -0.136. The molecule has 4 rings (SSSR count). The summed E-state index contributed by atoms with van der Waals surface area (Å²) in [4.78, 5) is 33.5. The number of ether oxygens (including phenoxy) is 1. The third kappa shape index (κ3) is 4.05. The average Bonchev–Trinajstić information content (AvgIpc) is 2.71. The predicted molar refractivity (Wildman–Crippen MR) is 111 cm³/mol. The van der Waals surface area contributed by atoms with Crippen LogP contribution < -0.4 is 10.2 Å². The number of aryl methyl sites for hydroxylation is 1. The fourth-order valence-corrected chi connectivity index (χ4v) is 3.72. The third-order valence-corrected chi connectivity index (χ3v) is 5.54. The number of aliphatic hydroxyl groups is 1. The van der Waals surface area contributed by atoms with Gasteiger partial charge >= 0.3 is 0 Å². The van der Waals surface area contributed by atoms with E-state index in [4.69, 9.17) is 14.7 Å². The number of aromatic nitrogens is 4. The summed E-state index contributed by atoms with van der Waals surface area (Å²) in [6, 6.07) is 1.97. The van der Waals surface area contributed by atoms with E-state index >= 15 is 0 Å². The molecule has 2 fully saturated rings. The van der Waals surface area contributed by atoms with E-state index in [0.29, 0.717) is 56.1 Å². The van der Waals surface area contributed by atoms with Crippen LogP contribution in [0, 0.1) is 6.92 Å². The van der Waals surface area contributed by atoms with Gasteiger partial charge in [0.05, 0.1) is 37.1 Å². The van der Waals surface area contributed by atoms with Crippen molar-refractivity contribution in [3.63, 3.8) is 0 Å². The van der Waals surface area contributed by atoms with Gasteiger partial charge in [0.15, 0.2) is 0 Å². The van der Waals surface area contributed by atoms with E-state index in [-0.39, 0.29) is 18.6 Å². The Balaban J connectivity index is 1.68. The lowest BCUT2D eigenvalue weighted by Gasteiger charge is -2.49. The minimum atomic E-state index is -0.616. The molecular formula is C20H27N7O3. The maximum Gasteiger partial charge on any atom is 0.228 e. The van der Waals surface area contributed by atoms with Gasteiger partial charge in [0, 0.05) is 50.6 Å². The summed E-state index contributed by atoms with van der Waals surface area (Å²) in [5.41, 5.74) is 0.858. The first-order valence-electron chi connectivity index (χ1n) is 10.1. The molecule has 2 aromatic rings. The predicted octanol–water partition coefficient (Wildman–Crippen LogP) is 0.472. The lowest BCUT2D eigenvalue weighted by atomic mass is 9.90. The summed E-state index contributed by atoms with van der Waals surface area (Å²) in [5.74, 6) is 1.85. The van der Waals surface area contributed by atoms with Crippen LogP contribution in [0.1, 0.15) is 19.7 Å². The van der Waals surface area contributed by atoms with E-state index in [1.54, 1.807) is 17.3 Å². The quantitative estimate of drug-likeness (QED) is 0.721. The second-order valence-electron chi connectivity index (χ2n) is 8.01. The molecule has 10 heteroatoms. The van der Waals surface area contributed by atoms with E-state index in [0.717, 1.165) is 5.56 Å².